The van der Waals surface area contributed by atoms with E-state index in [4.69, 9.17) is 0 Å². The first-order valence-corrected chi connectivity index (χ1v) is 16.2. The summed E-state index contributed by atoms with van der Waals surface area (Å²) in [5.74, 6) is 0. The highest BCUT2D eigenvalue weighted by Gasteiger charge is 2.14. The lowest BCUT2D eigenvalue weighted by molar-refractivity contribution is 1.17. The van der Waals surface area contributed by atoms with Gasteiger partial charge >= 0.3 is 0 Å². The summed E-state index contributed by atoms with van der Waals surface area (Å²) in [6.45, 7) is 14.6. The van der Waals surface area contributed by atoms with Crippen molar-refractivity contribution in [2.75, 3.05) is 0 Å². The Morgan fingerprint density at radius 3 is 1.00 bits per heavy atom. The van der Waals surface area contributed by atoms with E-state index in [0.717, 1.165) is 6.42 Å². The van der Waals surface area contributed by atoms with Crippen molar-refractivity contribution in [1.82, 2.24) is 0 Å². The van der Waals surface area contributed by atoms with Gasteiger partial charge < -0.3 is 0 Å². The molecule has 0 fully saturated rings. The molecule has 0 atom stereocenters. The lowest BCUT2D eigenvalue weighted by Crippen LogP contribution is -2.23. The summed E-state index contributed by atoms with van der Waals surface area (Å²) in [5, 5.41) is 0. The molecule has 0 N–H and O–H groups in total. The van der Waals surface area contributed by atoms with Gasteiger partial charge in [0.2, 0.25) is 0 Å². The Bertz CT molecular complexity index is 553. The summed E-state index contributed by atoms with van der Waals surface area (Å²) < 4.78 is 0. The van der Waals surface area contributed by atoms with Crippen LogP contribution in [0, 0.1) is 0 Å². The molecule has 0 aliphatic carbocycles. The van der Waals surface area contributed by atoms with Crippen molar-refractivity contribution in [1.29, 1.82) is 0 Å². The van der Waals surface area contributed by atoms with E-state index in [0.29, 0.717) is 0 Å². The molecule has 0 unspecified atom stereocenters. The number of rotatable bonds is 6. The van der Waals surface area contributed by atoms with Crippen molar-refractivity contribution in [3.05, 3.63) is 70.8 Å². The van der Waals surface area contributed by atoms with Crippen LogP contribution in [0.1, 0.15) is 22.3 Å². The predicted molar refractivity (Wildman–Crippen MR) is 110 cm³/mol. The van der Waals surface area contributed by atoms with Crippen molar-refractivity contribution >= 4 is 16.1 Å². The molecule has 0 heterocycles. The molecule has 124 valence electrons. The molecule has 0 radical (unpaired) electrons. The highest BCUT2D eigenvalue weighted by molar-refractivity contribution is 6.75. The smallest absolute Gasteiger partial charge is 0.0487 e. The Morgan fingerprint density at radius 1 is 0.478 bits per heavy atom. The van der Waals surface area contributed by atoms with Crippen LogP contribution in [-0.2, 0) is 18.5 Å². The largest absolute Gasteiger partial charge is 0.0693 e. The van der Waals surface area contributed by atoms with Gasteiger partial charge in [-0.15, -0.1) is 0 Å². The third kappa shape index (κ3) is 6.88. The zero-order chi connectivity index (χ0) is 17.1. The van der Waals surface area contributed by atoms with Gasteiger partial charge in [-0.25, -0.2) is 0 Å². The Labute approximate surface area is 145 Å². The predicted octanol–water partition coefficient (Wildman–Crippen LogP) is 6.12. The molecule has 0 nitrogen and oxygen atoms in total. The van der Waals surface area contributed by atoms with E-state index in [2.05, 4.69) is 87.8 Å². The lowest BCUT2D eigenvalue weighted by Gasteiger charge is -2.16. The first kappa shape index (κ1) is 18.2. The maximum Gasteiger partial charge on any atom is 0.0487 e. The summed E-state index contributed by atoms with van der Waals surface area (Å²) >= 11 is 0. The molecule has 0 saturated heterocycles. The van der Waals surface area contributed by atoms with Crippen LogP contribution in [0.15, 0.2) is 48.5 Å². The van der Waals surface area contributed by atoms with Crippen LogP contribution >= 0.6 is 0 Å². The molecule has 0 aliphatic heterocycles. The van der Waals surface area contributed by atoms with Crippen LogP contribution < -0.4 is 0 Å². The molecular weight excluding hydrogens is 308 g/mol. The highest BCUT2D eigenvalue weighted by atomic mass is 28.3. The maximum absolute atomic E-state index is 2.43. The van der Waals surface area contributed by atoms with Gasteiger partial charge in [-0.3, -0.25) is 0 Å². The van der Waals surface area contributed by atoms with Gasteiger partial charge in [0.15, 0.2) is 0 Å². The summed E-state index contributed by atoms with van der Waals surface area (Å²) in [7, 11) is -2.02. The Morgan fingerprint density at radius 2 is 0.739 bits per heavy atom. The van der Waals surface area contributed by atoms with E-state index in [-0.39, 0.29) is 0 Å². The van der Waals surface area contributed by atoms with E-state index in [1.165, 1.54) is 34.3 Å². The number of benzene rings is 2. The molecule has 0 bridgehead atoms. The van der Waals surface area contributed by atoms with Crippen molar-refractivity contribution in [2.24, 2.45) is 0 Å². The third-order valence-electron chi connectivity index (χ3n) is 3.92. The SMILES string of the molecule is C[Si](C)(C)Cc1ccc(Cc2ccc(C[Si](C)(C)C)cc2)cc1. The topological polar surface area (TPSA) is 0 Å². The summed E-state index contributed by atoms with van der Waals surface area (Å²) in [4.78, 5) is 0. The molecule has 0 amide bonds. The fourth-order valence-electron chi connectivity index (χ4n) is 3.01. The Hall–Kier alpha value is -1.13. The zero-order valence-corrected chi connectivity index (χ0v) is 17.7. The van der Waals surface area contributed by atoms with E-state index in [9.17, 15) is 0 Å². The van der Waals surface area contributed by atoms with Gasteiger partial charge in [0.1, 0.15) is 0 Å². The van der Waals surface area contributed by atoms with Gasteiger partial charge in [-0.1, -0.05) is 98.9 Å². The second-order valence-electron chi connectivity index (χ2n) is 9.28. The van der Waals surface area contributed by atoms with Crippen molar-refractivity contribution in [3.63, 3.8) is 0 Å². The van der Waals surface area contributed by atoms with Crippen LogP contribution in [0.3, 0.4) is 0 Å². The Kier molecular flexibility index (Phi) is 5.69. The van der Waals surface area contributed by atoms with Crippen molar-refractivity contribution in [2.45, 2.75) is 57.8 Å². The number of hydrogen-bond acceptors (Lipinski definition) is 0. The fraction of sp³-hybridized carbons (Fsp3) is 0.429. The molecule has 2 rings (SSSR count). The van der Waals surface area contributed by atoms with Gasteiger partial charge in [0, 0.05) is 16.1 Å². The first-order valence-electron chi connectivity index (χ1n) is 8.76. The minimum Gasteiger partial charge on any atom is -0.0693 e. The fourth-order valence-corrected chi connectivity index (χ4v) is 5.93. The highest BCUT2D eigenvalue weighted by Crippen LogP contribution is 2.17. The number of hydrogen-bond donors (Lipinski definition) is 0. The van der Waals surface area contributed by atoms with E-state index >= 15 is 0 Å². The van der Waals surface area contributed by atoms with Gasteiger partial charge in [0.05, 0.1) is 0 Å². The Balaban J connectivity index is 1.99. The standard InChI is InChI=1S/C21H32Si2/c1-22(2,3)16-20-11-7-18(8-12-20)15-19-9-13-21(14-10-19)17-23(4,5)6/h7-14H,15-17H2,1-6H3. The van der Waals surface area contributed by atoms with E-state index in [1.54, 1.807) is 0 Å². The van der Waals surface area contributed by atoms with Crippen LogP contribution in [0.2, 0.25) is 39.3 Å². The van der Waals surface area contributed by atoms with E-state index in [1.807, 2.05) is 0 Å². The second-order valence-corrected chi connectivity index (χ2v) is 20.2. The third-order valence-corrected chi connectivity index (χ3v) is 6.86. The average Bonchev–Trinajstić information content (AvgIpc) is 2.40. The van der Waals surface area contributed by atoms with Crippen LogP contribution in [0.25, 0.3) is 0 Å². The van der Waals surface area contributed by atoms with Gasteiger partial charge in [-0.2, -0.15) is 0 Å². The summed E-state index contributed by atoms with van der Waals surface area (Å²) in [6, 6.07) is 21.1. The molecule has 2 heteroatoms. The van der Waals surface area contributed by atoms with Crippen LogP contribution in [-0.4, -0.2) is 16.1 Å². The first-order chi connectivity index (χ1) is 10.6. The molecule has 0 saturated carbocycles. The van der Waals surface area contributed by atoms with Crippen molar-refractivity contribution in [3.8, 4) is 0 Å². The zero-order valence-electron chi connectivity index (χ0n) is 15.7. The monoisotopic (exact) mass is 340 g/mol. The molecular formula is C21H32Si2. The summed E-state index contributed by atoms with van der Waals surface area (Å²) in [5.41, 5.74) is 5.83. The average molecular weight is 341 g/mol. The molecule has 2 aromatic rings. The van der Waals surface area contributed by atoms with Gasteiger partial charge in [-0.05, 0) is 29.6 Å². The van der Waals surface area contributed by atoms with Crippen molar-refractivity contribution < 1.29 is 0 Å². The van der Waals surface area contributed by atoms with Crippen LogP contribution in [0.5, 0.6) is 0 Å². The molecule has 0 spiro atoms. The minimum absolute atomic E-state index is 1.01. The molecule has 0 aromatic heterocycles. The second kappa shape index (κ2) is 7.19. The molecule has 23 heavy (non-hydrogen) atoms. The maximum atomic E-state index is 2.43. The van der Waals surface area contributed by atoms with E-state index < -0.39 is 16.1 Å². The molecule has 2 aromatic carbocycles. The lowest BCUT2D eigenvalue weighted by atomic mass is 10.0. The quantitative estimate of drug-likeness (QED) is 0.556. The normalized spacial score (nSPS) is 12.4. The molecule has 0 aliphatic rings. The minimum atomic E-state index is -1.01. The summed E-state index contributed by atoms with van der Waals surface area (Å²) in [6.07, 6.45) is 1.04. The van der Waals surface area contributed by atoms with Gasteiger partial charge in [0.25, 0.3) is 0 Å². The van der Waals surface area contributed by atoms with Crippen LogP contribution in [0.4, 0.5) is 0 Å².